The van der Waals surface area contributed by atoms with Crippen molar-refractivity contribution in [2.75, 3.05) is 42.0 Å². The lowest BCUT2D eigenvalue weighted by atomic mass is 9.71. The maximum Gasteiger partial charge on any atom is 0.237 e. The summed E-state index contributed by atoms with van der Waals surface area (Å²) < 4.78 is 23.4. The first kappa shape index (κ1) is 35.3. The zero-order chi connectivity index (χ0) is 37.2. The van der Waals surface area contributed by atoms with Crippen molar-refractivity contribution in [2.45, 2.75) is 69.4 Å². The number of hydrogen-bond acceptors (Lipinski definition) is 11. The Morgan fingerprint density at radius 2 is 1.54 bits per heavy atom. The summed E-state index contributed by atoms with van der Waals surface area (Å²) in [5.74, 6) is 1.36. The number of methoxy groups -OCH3 is 4. The van der Waals surface area contributed by atoms with Crippen molar-refractivity contribution in [1.82, 2.24) is 20.1 Å². The van der Waals surface area contributed by atoms with Crippen LogP contribution in [0.4, 0.5) is 0 Å². The maximum absolute atomic E-state index is 13.8. The molecule has 4 heterocycles. The van der Waals surface area contributed by atoms with Crippen LogP contribution in [0.5, 0.6) is 34.5 Å². The number of likely N-dealkylation sites (N-methyl/N-ethyl adjacent to an activating group) is 1. The van der Waals surface area contributed by atoms with Crippen molar-refractivity contribution in [3.63, 3.8) is 0 Å². The Morgan fingerprint density at radius 3 is 2.15 bits per heavy atom. The molecular weight excluding hydrogens is 664 g/mol. The predicted octanol–water partition coefficient (Wildman–Crippen LogP) is 3.69. The van der Waals surface area contributed by atoms with E-state index < -0.39 is 30.2 Å². The van der Waals surface area contributed by atoms with Crippen LogP contribution in [0, 0.1) is 25.2 Å². The van der Waals surface area contributed by atoms with Crippen LogP contribution in [0.15, 0.2) is 30.5 Å². The van der Waals surface area contributed by atoms with Gasteiger partial charge in [0.2, 0.25) is 5.91 Å². The van der Waals surface area contributed by atoms with E-state index in [4.69, 9.17) is 24.7 Å². The van der Waals surface area contributed by atoms with Gasteiger partial charge in [-0.05, 0) is 51.8 Å². The molecule has 3 aliphatic rings. The fourth-order valence-electron chi connectivity index (χ4n) is 9.37. The molecule has 1 fully saturated rings. The Balaban J connectivity index is 1.35. The number of carbonyl (C=O) groups excluding carboxylic acids is 1. The van der Waals surface area contributed by atoms with Gasteiger partial charge in [-0.25, -0.2) is 0 Å². The summed E-state index contributed by atoms with van der Waals surface area (Å²) in [4.78, 5) is 21.3. The number of nitrogens with two attached hydrogens (primary N) is 1. The van der Waals surface area contributed by atoms with Crippen LogP contribution in [0.2, 0.25) is 0 Å². The molecule has 13 nitrogen and oxygen atoms in total. The maximum atomic E-state index is 13.8. The molecule has 3 aromatic carbocycles. The third kappa shape index (κ3) is 5.11. The first-order chi connectivity index (χ1) is 25.0. The molecule has 0 radical (unpaired) electrons. The second-order valence-corrected chi connectivity index (χ2v) is 14.0. The number of benzene rings is 3. The van der Waals surface area contributed by atoms with Gasteiger partial charge < -0.3 is 45.2 Å². The average Bonchev–Trinajstić information content (AvgIpc) is 3.54. The van der Waals surface area contributed by atoms with Crippen molar-refractivity contribution in [3.05, 3.63) is 69.4 Å². The number of aromatic hydroxyl groups is 2. The largest absolute Gasteiger partial charge is 0.504 e. The number of para-hydroxylation sites is 1. The van der Waals surface area contributed by atoms with Gasteiger partial charge in [-0.1, -0.05) is 18.2 Å². The number of phenols is 2. The molecule has 274 valence electrons. The Labute approximate surface area is 302 Å². The van der Waals surface area contributed by atoms with Gasteiger partial charge in [-0.15, -0.1) is 0 Å². The predicted molar refractivity (Wildman–Crippen MR) is 194 cm³/mol. The Kier molecular flexibility index (Phi) is 9.10. The third-order valence-corrected chi connectivity index (χ3v) is 11.6. The van der Waals surface area contributed by atoms with Crippen molar-refractivity contribution >= 4 is 16.8 Å². The number of aromatic nitrogens is 1. The number of aromatic amines is 1. The van der Waals surface area contributed by atoms with E-state index >= 15 is 0 Å². The second kappa shape index (κ2) is 13.4. The number of fused-ring (bicyclic) bond motifs is 8. The van der Waals surface area contributed by atoms with E-state index in [0.717, 1.165) is 27.6 Å². The molecule has 1 aromatic heterocycles. The molecule has 13 heteroatoms. The molecule has 0 aliphatic carbocycles. The minimum atomic E-state index is -0.862. The quantitative estimate of drug-likeness (QED) is 0.171. The Bertz CT molecular complexity index is 2110. The first-order valence-corrected chi connectivity index (χ1v) is 17.4. The van der Waals surface area contributed by atoms with Gasteiger partial charge >= 0.3 is 0 Å². The number of hydrogen-bond donors (Lipinski definition) is 5. The van der Waals surface area contributed by atoms with Gasteiger partial charge in [0.05, 0.1) is 52.6 Å². The van der Waals surface area contributed by atoms with Crippen LogP contribution in [0.25, 0.3) is 10.9 Å². The monoisotopic (exact) mass is 710 g/mol. The number of nitriles is 1. The molecule has 6 N–H and O–H groups in total. The molecular formula is C39H46N6O7. The van der Waals surface area contributed by atoms with Gasteiger partial charge in [0.25, 0.3) is 0 Å². The molecule has 4 aromatic rings. The molecule has 3 aliphatic heterocycles. The number of piperazine rings is 1. The molecule has 0 spiro atoms. The molecule has 1 amide bonds. The minimum absolute atomic E-state index is 0.0288. The average molecular weight is 711 g/mol. The van der Waals surface area contributed by atoms with Crippen LogP contribution in [-0.4, -0.2) is 97.1 Å². The van der Waals surface area contributed by atoms with Crippen LogP contribution in [0.1, 0.15) is 51.0 Å². The van der Waals surface area contributed by atoms with E-state index in [1.807, 2.05) is 51.4 Å². The number of phenolic OH excluding ortho intramolecular Hbond substituents is 2. The number of rotatable bonds is 9. The summed E-state index contributed by atoms with van der Waals surface area (Å²) in [7, 11) is 8.16. The van der Waals surface area contributed by atoms with E-state index in [1.54, 1.807) is 14.2 Å². The minimum Gasteiger partial charge on any atom is -0.504 e. The van der Waals surface area contributed by atoms with Gasteiger partial charge in [0.15, 0.2) is 23.0 Å². The number of H-pyrrole nitrogens is 1. The fraction of sp³-hybridized carbons (Fsp3) is 0.436. The Morgan fingerprint density at radius 1 is 0.962 bits per heavy atom. The highest BCUT2D eigenvalue weighted by atomic mass is 16.5. The normalized spacial score (nSPS) is 22.8. The summed E-state index contributed by atoms with van der Waals surface area (Å²) >= 11 is 0. The summed E-state index contributed by atoms with van der Waals surface area (Å²) in [6, 6.07) is 7.05. The molecule has 1 unspecified atom stereocenters. The van der Waals surface area contributed by atoms with Gasteiger partial charge in [0.1, 0.15) is 17.5 Å². The molecule has 52 heavy (non-hydrogen) atoms. The lowest BCUT2D eigenvalue weighted by Gasteiger charge is -2.60. The highest BCUT2D eigenvalue weighted by Crippen LogP contribution is 2.58. The van der Waals surface area contributed by atoms with E-state index in [-0.39, 0.29) is 35.7 Å². The SMILES string of the molecule is COc1c(C)c(OC)c2c(c1O)[C@@H]1[C@@H]3Cc4c(OC)c(C)c(OC)c(O)c4[C@H](CNC(=O)[C@@H](N)Cc4c[nH]c5ccccc45)N3C(C#N)[C@H](C2)N1C. The number of amides is 1. The van der Waals surface area contributed by atoms with E-state index in [1.165, 1.54) is 14.2 Å². The van der Waals surface area contributed by atoms with E-state index in [9.17, 15) is 20.3 Å². The van der Waals surface area contributed by atoms with Crippen molar-refractivity contribution in [3.8, 4) is 40.6 Å². The van der Waals surface area contributed by atoms with Crippen molar-refractivity contribution in [1.29, 1.82) is 5.26 Å². The van der Waals surface area contributed by atoms with Crippen molar-refractivity contribution in [2.24, 2.45) is 5.73 Å². The number of nitrogens with one attached hydrogen (secondary N) is 2. The van der Waals surface area contributed by atoms with Gasteiger partial charge in [-0.3, -0.25) is 14.6 Å². The fourth-order valence-corrected chi connectivity index (χ4v) is 9.37. The highest BCUT2D eigenvalue weighted by molar-refractivity contribution is 5.86. The number of ether oxygens (including phenoxy) is 4. The first-order valence-electron chi connectivity index (χ1n) is 17.4. The van der Waals surface area contributed by atoms with Crippen molar-refractivity contribution < 1.29 is 34.0 Å². The van der Waals surface area contributed by atoms with Crippen LogP contribution in [0.3, 0.4) is 0 Å². The smallest absolute Gasteiger partial charge is 0.237 e. The zero-order valence-corrected chi connectivity index (χ0v) is 30.5. The number of nitrogens with zero attached hydrogens (tertiary/aromatic N) is 3. The summed E-state index contributed by atoms with van der Waals surface area (Å²) in [5, 5.41) is 38.8. The summed E-state index contributed by atoms with van der Waals surface area (Å²) in [5.41, 5.74) is 12.5. The van der Waals surface area contributed by atoms with Gasteiger partial charge in [0, 0.05) is 69.1 Å². The lowest BCUT2D eigenvalue weighted by molar-refractivity contribution is -0.123. The van der Waals surface area contributed by atoms with Gasteiger partial charge in [-0.2, -0.15) is 5.26 Å². The number of carbonyl (C=O) groups is 1. The van der Waals surface area contributed by atoms with Crippen LogP contribution < -0.4 is 30.0 Å². The molecule has 2 bridgehead atoms. The molecule has 1 saturated heterocycles. The highest BCUT2D eigenvalue weighted by Gasteiger charge is 2.57. The lowest BCUT2D eigenvalue weighted by Crippen LogP contribution is -2.69. The van der Waals surface area contributed by atoms with E-state index in [2.05, 4.69) is 26.2 Å². The zero-order valence-electron chi connectivity index (χ0n) is 30.5. The second-order valence-electron chi connectivity index (χ2n) is 14.0. The summed E-state index contributed by atoms with van der Waals surface area (Å²) in [6.07, 6.45) is 2.96. The van der Waals surface area contributed by atoms with E-state index in [0.29, 0.717) is 58.8 Å². The molecule has 0 saturated carbocycles. The summed E-state index contributed by atoms with van der Waals surface area (Å²) in [6.45, 7) is 3.71. The molecule has 6 atom stereocenters. The topological polar surface area (TPSA) is 179 Å². The Hall–Kier alpha value is -5.16. The standard InChI is InChI=1S/C39H46N6O7/c1-18-35(49-4)22-14-27-32-31-23(36(50-5)19(2)38(52-7)34(31)47)13-26(44(32)3)28(15-40)45(27)29(30(22)33(46)37(18)51-6)17-43-39(48)24(41)12-20-16-42-25-11-9-8-10-21(20)25/h8-11,16,24,26-29,32,42,46-47H,12-14,17,41H2,1-7H3,(H,43,48)/t24-,26-,27-,28?,29-,32-/m0/s1. The van der Waals surface area contributed by atoms with Crippen LogP contribution in [-0.2, 0) is 24.1 Å². The molecule has 7 rings (SSSR count). The third-order valence-electron chi connectivity index (χ3n) is 11.6. The van der Waals surface area contributed by atoms with Crippen LogP contribution >= 0.6 is 0 Å².